The van der Waals surface area contributed by atoms with Crippen LogP contribution in [0.25, 0.3) is 11.0 Å². The van der Waals surface area contributed by atoms with E-state index in [0.717, 1.165) is 5.52 Å². The maximum Gasteiger partial charge on any atom is 0.253 e. The van der Waals surface area contributed by atoms with Gasteiger partial charge < -0.3 is 9.64 Å². The van der Waals surface area contributed by atoms with Crippen molar-refractivity contribution in [2.45, 2.75) is 0 Å². The summed E-state index contributed by atoms with van der Waals surface area (Å²) in [7, 11) is 1.73. The maximum atomic E-state index is 12.4. The predicted molar refractivity (Wildman–Crippen MR) is 87.8 cm³/mol. The molecular formula is C16H15ClN4O2. The average molecular weight is 331 g/mol. The third-order valence-electron chi connectivity index (χ3n) is 3.40. The monoisotopic (exact) mass is 330 g/mol. The zero-order chi connectivity index (χ0) is 16.2. The van der Waals surface area contributed by atoms with E-state index in [0.29, 0.717) is 35.0 Å². The topological polar surface area (TPSA) is 71.1 Å². The van der Waals surface area contributed by atoms with Crippen molar-refractivity contribution in [2.24, 2.45) is 0 Å². The van der Waals surface area contributed by atoms with Crippen LogP contribution in [0.5, 0.6) is 5.75 Å². The number of ether oxygens (including phenoxy) is 1. The molecule has 1 aromatic heterocycles. The number of hydrogen-bond acceptors (Lipinski definition) is 4. The molecule has 0 saturated heterocycles. The second-order valence-electron chi connectivity index (χ2n) is 5.06. The number of aromatic nitrogens is 3. The van der Waals surface area contributed by atoms with Gasteiger partial charge in [0.2, 0.25) is 0 Å². The van der Waals surface area contributed by atoms with E-state index >= 15 is 0 Å². The molecule has 0 saturated carbocycles. The van der Waals surface area contributed by atoms with Crippen molar-refractivity contribution in [1.29, 1.82) is 0 Å². The van der Waals surface area contributed by atoms with Gasteiger partial charge in [0, 0.05) is 17.6 Å². The molecule has 6 nitrogen and oxygen atoms in total. The molecule has 1 N–H and O–H groups in total. The van der Waals surface area contributed by atoms with E-state index in [-0.39, 0.29) is 5.91 Å². The number of amides is 1. The number of benzene rings is 2. The van der Waals surface area contributed by atoms with E-state index in [1.54, 1.807) is 42.3 Å². The second kappa shape index (κ2) is 6.66. The fourth-order valence-corrected chi connectivity index (χ4v) is 2.33. The molecule has 0 aliphatic carbocycles. The Morgan fingerprint density at radius 2 is 2.04 bits per heavy atom. The number of nitrogens with zero attached hydrogens (tertiary/aromatic N) is 3. The highest BCUT2D eigenvalue weighted by Gasteiger charge is 2.13. The number of carbonyl (C=O) groups is 1. The van der Waals surface area contributed by atoms with Gasteiger partial charge in [-0.25, -0.2) is 0 Å². The first-order valence-electron chi connectivity index (χ1n) is 7.08. The summed E-state index contributed by atoms with van der Waals surface area (Å²) in [6, 6.07) is 12.4. The van der Waals surface area contributed by atoms with Crippen molar-refractivity contribution in [2.75, 3.05) is 20.2 Å². The molecule has 0 spiro atoms. The van der Waals surface area contributed by atoms with Crippen molar-refractivity contribution in [3.05, 3.63) is 53.1 Å². The van der Waals surface area contributed by atoms with Gasteiger partial charge in [0.25, 0.3) is 5.91 Å². The van der Waals surface area contributed by atoms with E-state index in [1.165, 1.54) is 0 Å². The third-order valence-corrected chi connectivity index (χ3v) is 3.64. The van der Waals surface area contributed by atoms with E-state index in [4.69, 9.17) is 16.3 Å². The molecule has 1 heterocycles. The van der Waals surface area contributed by atoms with Gasteiger partial charge >= 0.3 is 0 Å². The SMILES string of the molecule is CN(CCOc1cccc(Cl)c1)C(=O)c1ccc2n[nH]nc2c1. The first kappa shape index (κ1) is 15.3. The summed E-state index contributed by atoms with van der Waals surface area (Å²) < 4.78 is 5.60. The standard InChI is InChI=1S/C16H15ClN4O2/c1-21(7-8-23-13-4-2-3-12(17)10-13)16(22)11-5-6-14-15(9-11)19-20-18-14/h2-6,9-10H,7-8H2,1H3,(H,18,19,20). The van der Waals surface area contributed by atoms with E-state index < -0.39 is 0 Å². The number of halogens is 1. The fourth-order valence-electron chi connectivity index (χ4n) is 2.15. The highest BCUT2D eigenvalue weighted by Crippen LogP contribution is 2.17. The van der Waals surface area contributed by atoms with Gasteiger partial charge in [-0.1, -0.05) is 17.7 Å². The van der Waals surface area contributed by atoms with Crippen LogP contribution in [-0.2, 0) is 0 Å². The Bertz CT molecular complexity index is 834. The molecule has 3 aromatic rings. The van der Waals surface area contributed by atoms with Gasteiger partial charge in [-0.15, -0.1) is 0 Å². The van der Waals surface area contributed by atoms with Gasteiger partial charge in [-0.2, -0.15) is 15.4 Å². The van der Waals surface area contributed by atoms with Crippen molar-refractivity contribution >= 4 is 28.5 Å². The van der Waals surface area contributed by atoms with Crippen LogP contribution in [0.4, 0.5) is 0 Å². The first-order chi connectivity index (χ1) is 11.1. The van der Waals surface area contributed by atoms with Gasteiger partial charge in [0.15, 0.2) is 0 Å². The van der Waals surface area contributed by atoms with Gasteiger partial charge in [-0.05, 0) is 36.4 Å². The Balaban J connectivity index is 1.58. The minimum Gasteiger partial charge on any atom is -0.492 e. The molecule has 1 amide bonds. The Kier molecular flexibility index (Phi) is 4.43. The Labute approximate surface area is 138 Å². The van der Waals surface area contributed by atoms with Gasteiger partial charge in [0.1, 0.15) is 23.4 Å². The molecule has 0 unspecified atom stereocenters. The number of hydrogen-bond donors (Lipinski definition) is 1. The van der Waals surface area contributed by atoms with Crippen LogP contribution in [0.3, 0.4) is 0 Å². The molecule has 23 heavy (non-hydrogen) atoms. The minimum atomic E-state index is -0.0930. The number of H-pyrrole nitrogens is 1. The van der Waals surface area contributed by atoms with Gasteiger partial charge in [0.05, 0.1) is 6.54 Å². The summed E-state index contributed by atoms with van der Waals surface area (Å²) in [5.74, 6) is 0.590. The van der Waals surface area contributed by atoms with Crippen molar-refractivity contribution in [3.8, 4) is 5.75 Å². The number of nitrogens with one attached hydrogen (secondary N) is 1. The lowest BCUT2D eigenvalue weighted by atomic mass is 10.2. The number of fused-ring (bicyclic) bond motifs is 1. The summed E-state index contributed by atoms with van der Waals surface area (Å²) in [5.41, 5.74) is 1.96. The summed E-state index contributed by atoms with van der Waals surface area (Å²) in [4.78, 5) is 14.0. The molecule has 0 aliphatic rings. The molecule has 0 radical (unpaired) electrons. The van der Waals surface area contributed by atoms with Crippen LogP contribution in [0.1, 0.15) is 10.4 Å². The zero-order valence-corrected chi connectivity index (χ0v) is 13.2. The molecule has 7 heteroatoms. The molecule has 0 aliphatic heterocycles. The van der Waals surface area contributed by atoms with Crippen LogP contribution in [0.15, 0.2) is 42.5 Å². The summed E-state index contributed by atoms with van der Waals surface area (Å²) >= 11 is 5.90. The molecule has 118 valence electrons. The number of likely N-dealkylation sites (N-methyl/N-ethyl adjacent to an activating group) is 1. The Morgan fingerprint density at radius 3 is 2.87 bits per heavy atom. The maximum absolute atomic E-state index is 12.4. The second-order valence-corrected chi connectivity index (χ2v) is 5.50. The van der Waals surface area contributed by atoms with E-state index in [9.17, 15) is 4.79 Å². The predicted octanol–water partition coefficient (Wildman–Crippen LogP) is 2.76. The minimum absolute atomic E-state index is 0.0930. The highest BCUT2D eigenvalue weighted by atomic mass is 35.5. The Hall–Kier alpha value is -2.60. The van der Waals surface area contributed by atoms with E-state index in [1.807, 2.05) is 12.1 Å². The van der Waals surface area contributed by atoms with Crippen LogP contribution in [0.2, 0.25) is 5.02 Å². The molecule has 2 aromatic carbocycles. The number of aromatic amines is 1. The summed E-state index contributed by atoms with van der Waals surface area (Å²) in [5, 5.41) is 11.1. The average Bonchev–Trinajstić information content (AvgIpc) is 3.01. The smallest absolute Gasteiger partial charge is 0.253 e. The van der Waals surface area contributed by atoms with Crippen LogP contribution >= 0.6 is 11.6 Å². The third kappa shape index (κ3) is 3.60. The molecule has 0 bridgehead atoms. The van der Waals surface area contributed by atoms with Crippen molar-refractivity contribution < 1.29 is 9.53 Å². The van der Waals surface area contributed by atoms with Crippen LogP contribution in [-0.4, -0.2) is 46.4 Å². The number of carbonyl (C=O) groups excluding carboxylic acids is 1. The largest absolute Gasteiger partial charge is 0.492 e. The van der Waals surface area contributed by atoms with Gasteiger partial charge in [-0.3, -0.25) is 4.79 Å². The lowest BCUT2D eigenvalue weighted by molar-refractivity contribution is 0.0774. The molecule has 3 rings (SSSR count). The first-order valence-corrected chi connectivity index (χ1v) is 7.45. The quantitative estimate of drug-likeness (QED) is 0.781. The molecule has 0 atom stereocenters. The normalized spacial score (nSPS) is 10.7. The van der Waals surface area contributed by atoms with Crippen molar-refractivity contribution in [3.63, 3.8) is 0 Å². The van der Waals surface area contributed by atoms with Crippen LogP contribution < -0.4 is 4.74 Å². The summed E-state index contributed by atoms with van der Waals surface area (Å²) in [6.45, 7) is 0.844. The Morgan fingerprint density at radius 1 is 1.22 bits per heavy atom. The zero-order valence-electron chi connectivity index (χ0n) is 12.5. The molecular weight excluding hydrogens is 316 g/mol. The van der Waals surface area contributed by atoms with Crippen molar-refractivity contribution in [1.82, 2.24) is 20.3 Å². The summed E-state index contributed by atoms with van der Waals surface area (Å²) in [6.07, 6.45) is 0. The number of rotatable bonds is 5. The lowest BCUT2D eigenvalue weighted by Crippen LogP contribution is -2.30. The highest BCUT2D eigenvalue weighted by molar-refractivity contribution is 6.30. The lowest BCUT2D eigenvalue weighted by Gasteiger charge is -2.17. The molecule has 0 fully saturated rings. The van der Waals surface area contributed by atoms with E-state index in [2.05, 4.69) is 15.4 Å². The fraction of sp³-hybridized carbons (Fsp3) is 0.188. The van der Waals surface area contributed by atoms with Crippen LogP contribution in [0, 0.1) is 0 Å².